The second-order valence-electron chi connectivity index (χ2n) is 6.51. The van der Waals surface area contributed by atoms with Crippen LogP contribution in [-0.4, -0.2) is 51.8 Å². The molecule has 0 saturated heterocycles. The van der Waals surface area contributed by atoms with Gasteiger partial charge in [0.2, 0.25) is 5.91 Å². The number of ether oxygens (including phenoxy) is 2. The zero-order valence-electron chi connectivity index (χ0n) is 17.1. The third-order valence-corrected chi connectivity index (χ3v) is 5.67. The molecule has 3 rings (SSSR count). The fraction of sp³-hybridized carbons (Fsp3) is 0.350. The summed E-state index contributed by atoms with van der Waals surface area (Å²) in [6.45, 7) is 1.13. The first kappa shape index (κ1) is 22.2. The van der Waals surface area contributed by atoms with E-state index in [1.165, 1.54) is 11.8 Å². The average molecular weight is 450 g/mol. The number of rotatable bonds is 10. The maximum Gasteiger partial charge on any atom is 0.234 e. The first-order valence-electron chi connectivity index (χ1n) is 9.29. The molecule has 30 heavy (non-hydrogen) atoms. The predicted octanol–water partition coefficient (Wildman–Crippen LogP) is 3.25. The Hall–Kier alpha value is -2.49. The summed E-state index contributed by atoms with van der Waals surface area (Å²) in [4.78, 5) is 12.5. The zero-order chi connectivity index (χ0) is 21.5. The Morgan fingerprint density at radius 3 is 2.80 bits per heavy atom. The quantitative estimate of drug-likeness (QED) is 0.478. The van der Waals surface area contributed by atoms with Crippen LogP contribution < -0.4 is 10.1 Å². The molecule has 160 valence electrons. The number of methoxy groups -OCH3 is 2. The van der Waals surface area contributed by atoms with E-state index in [1.807, 2.05) is 34.5 Å². The molecular weight excluding hydrogens is 426 g/mol. The van der Waals surface area contributed by atoms with Gasteiger partial charge in [0, 0.05) is 44.0 Å². The van der Waals surface area contributed by atoms with E-state index in [0.717, 1.165) is 11.5 Å². The van der Waals surface area contributed by atoms with Gasteiger partial charge in [-0.25, -0.2) is 0 Å². The van der Waals surface area contributed by atoms with Gasteiger partial charge in [-0.1, -0.05) is 23.4 Å². The first-order valence-corrected chi connectivity index (χ1v) is 10.7. The number of carbonyl (C=O) groups is 1. The van der Waals surface area contributed by atoms with Crippen molar-refractivity contribution in [2.45, 2.75) is 18.1 Å². The molecule has 10 heteroatoms. The maximum absolute atomic E-state index is 12.5. The number of halogens is 1. The van der Waals surface area contributed by atoms with E-state index in [0.29, 0.717) is 41.2 Å². The van der Waals surface area contributed by atoms with Crippen LogP contribution in [0.3, 0.4) is 0 Å². The molecule has 0 unspecified atom stereocenters. The summed E-state index contributed by atoms with van der Waals surface area (Å²) in [5.74, 6) is 1.36. The molecule has 0 atom stereocenters. The molecule has 1 amide bonds. The van der Waals surface area contributed by atoms with Gasteiger partial charge in [-0.15, -0.1) is 10.2 Å². The van der Waals surface area contributed by atoms with Gasteiger partial charge in [-0.3, -0.25) is 4.79 Å². The van der Waals surface area contributed by atoms with E-state index in [-0.39, 0.29) is 11.7 Å². The number of carbonyl (C=O) groups excluding carboxylic acids is 1. The van der Waals surface area contributed by atoms with Crippen molar-refractivity contribution in [3.05, 3.63) is 53.1 Å². The lowest BCUT2D eigenvalue weighted by molar-refractivity contribution is -0.113. The van der Waals surface area contributed by atoms with Gasteiger partial charge in [0.1, 0.15) is 11.6 Å². The van der Waals surface area contributed by atoms with Gasteiger partial charge in [-0.2, -0.15) is 0 Å². The van der Waals surface area contributed by atoms with E-state index in [1.54, 1.807) is 32.4 Å². The van der Waals surface area contributed by atoms with Crippen LogP contribution in [-0.2, 0) is 29.5 Å². The molecule has 0 aliphatic rings. The third-order valence-electron chi connectivity index (χ3n) is 4.47. The number of nitrogens with one attached hydrogen (secondary N) is 1. The minimum absolute atomic E-state index is 0.172. The monoisotopic (exact) mass is 449 g/mol. The lowest BCUT2D eigenvalue weighted by atomic mass is 10.3. The van der Waals surface area contributed by atoms with Gasteiger partial charge in [-0.05, 0) is 30.3 Å². The Morgan fingerprint density at radius 1 is 1.27 bits per heavy atom. The topological polar surface area (TPSA) is 83.2 Å². The highest BCUT2D eigenvalue weighted by molar-refractivity contribution is 7.99. The van der Waals surface area contributed by atoms with E-state index >= 15 is 0 Å². The molecule has 0 aliphatic heterocycles. The summed E-state index contributed by atoms with van der Waals surface area (Å²) in [7, 11) is 5.19. The molecule has 0 radical (unpaired) electrons. The lowest BCUT2D eigenvalue weighted by Gasteiger charge is -2.11. The minimum Gasteiger partial charge on any atom is -0.495 e. The summed E-state index contributed by atoms with van der Waals surface area (Å²) < 4.78 is 14.5. The van der Waals surface area contributed by atoms with Gasteiger partial charge < -0.3 is 23.9 Å². The summed E-state index contributed by atoms with van der Waals surface area (Å²) in [5, 5.41) is 12.7. The molecular formula is C20H24ClN5O3S. The normalized spacial score (nSPS) is 10.9. The number of amides is 1. The average Bonchev–Trinajstić information content (AvgIpc) is 3.31. The number of hydrogen-bond donors (Lipinski definition) is 1. The highest BCUT2D eigenvalue weighted by atomic mass is 35.5. The number of hydrogen-bond acceptors (Lipinski definition) is 6. The van der Waals surface area contributed by atoms with Crippen molar-refractivity contribution in [2.24, 2.45) is 7.05 Å². The van der Waals surface area contributed by atoms with Crippen LogP contribution in [0, 0.1) is 0 Å². The predicted molar refractivity (Wildman–Crippen MR) is 117 cm³/mol. The summed E-state index contributed by atoms with van der Waals surface area (Å²) >= 11 is 7.35. The summed E-state index contributed by atoms with van der Waals surface area (Å²) in [6.07, 6.45) is 2.64. The molecule has 1 N–H and O–H groups in total. The van der Waals surface area contributed by atoms with Crippen LogP contribution in [0.25, 0.3) is 0 Å². The molecule has 0 spiro atoms. The van der Waals surface area contributed by atoms with E-state index in [9.17, 15) is 4.79 Å². The number of aromatic nitrogens is 4. The van der Waals surface area contributed by atoms with Crippen molar-refractivity contribution in [3.63, 3.8) is 0 Å². The van der Waals surface area contributed by atoms with Crippen LogP contribution in [0.5, 0.6) is 5.75 Å². The summed E-state index contributed by atoms with van der Waals surface area (Å²) in [5.41, 5.74) is 1.66. The SMILES string of the molecule is COCCn1c(Cc2cccn2C)nnc1SCC(=O)Nc1cc(Cl)ccc1OC. The number of aryl methyl sites for hydroxylation is 1. The van der Waals surface area contributed by atoms with Crippen LogP contribution in [0.4, 0.5) is 5.69 Å². The molecule has 8 nitrogen and oxygen atoms in total. The third kappa shape index (κ3) is 5.56. The van der Waals surface area contributed by atoms with E-state index < -0.39 is 0 Å². The summed E-state index contributed by atoms with van der Waals surface area (Å²) in [6, 6.07) is 9.12. The van der Waals surface area contributed by atoms with Crippen molar-refractivity contribution >= 4 is 35.0 Å². The standard InChI is InChI=1S/C20H24ClN5O3S/c1-25-8-4-5-15(25)12-18-23-24-20(26(18)9-10-28-2)30-13-19(27)22-16-11-14(21)6-7-17(16)29-3/h4-8,11H,9-10,12-13H2,1-3H3,(H,22,27). The maximum atomic E-state index is 12.5. The molecule has 0 fully saturated rings. The smallest absolute Gasteiger partial charge is 0.234 e. The minimum atomic E-state index is -0.189. The van der Waals surface area contributed by atoms with E-state index in [4.69, 9.17) is 21.1 Å². The number of benzene rings is 1. The second kappa shape index (κ2) is 10.5. The van der Waals surface area contributed by atoms with Crippen LogP contribution in [0.1, 0.15) is 11.5 Å². The number of anilines is 1. The fourth-order valence-electron chi connectivity index (χ4n) is 2.90. The largest absolute Gasteiger partial charge is 0.495 e. The molecule has 2 heterocycles. The molecule has 2 aromatic heterocycles. The van der Waals surface area contributed by atoms with Gasteiger partial charge in [0.05, 0.1) is 25.2 Å². The first-order chi connectivity index (χ1) is 14.5. The van der Waals surface area contributed by atoms with Crippen LogP contribution in [0.2, 0.25) is 5.02 Å². The van der Waals surface area contributed by atoms with Crippen LogP contribution in [0.15, 0.2) is 41.7 Å². The van der Waals surface area contributed by atoms with Crippen molar-refractivity contribution in [1.29, 1.82) is 0 Å². The van der Waals surface area contributed by atoms with Crippen molar-refractivity contribution in [1.82, 2.24) is 19.3 Å². The highest BCUT2D eigenvalue weighted by Crippen LogP contribution is 2.28. The Bertz CT molecular complexity index is 1000. The van der Waals surface area contributed by atoms with Crippen molar-refractivity contribution < 1.29 is 14.3 Å². The number of nitrogens with zero attached hydrogens (tertiary/aromatic N) is 4. The van der Waals surface area contributed by atoms with Gasteiger partial charge in [0.25, 0.3) is 0 Å². The zero-order valence-corrected chi connectivity index (χ0v) is 18.7. The number of thioether (sulfide) groups is 1. The van der Waals surface area contributed by atoms with Gasteiger partial charge >= 0.3 is 0 Å². The van der Waals surface area contributed by atoms with E-state index in [2.05, 4.69) is 15.5 Å². The lowest BCUT2D eigenvalue weighted by Crippen LogP contribution is -2.16. The van der Waals surface area contributed by atoms with Gasteiger partial charge in [0.15, 0.2) is 5.16 Å². The Labute approximate surface area is 184 Å². The fourth-order valence-corrected chi connectivity index (χ4v) is 3.86. The molecule has 0 bridgehead atoms. The van der Waals surface area contributed by atoms with Crippen LogP contribution >= 0.6 is 23.4 Å². The Balaban J connectivity index is 1.69. The van der Waals surface area contributed by atoms with Crippen molar-refractivity contribution in [2.75, 3.05) is 31.9 Å². The molecule has 3 aromatic rings. The Kier molecular flexibility index (Phi) is 7.78. The highest BCUT2D eigenvalue weighted by Gasteiger charge is 2.16. The molecule has 0 aliphatic carbocycles. The molecule has 1 aromatic carbocycles. The Morgan fingerprint density at radius 2 is 2.10 bits per heavy atom. The molecule has 0 saturated carbocycles. The van der Waals surface area contributed by atoms with Crippen molar-refractivity contribution in [3.8, 4) is 5.75 Å². The second-order valence-corrected chi connectivity index (χ2v) is 7.89.